The number of aromatic nitrogens is 1. The number of ether oxygens (including phenoxy) is 1. The molecule has 15 heavy (non-hydrogen) atoms. The molecule has 0 aliphatic carbocycles. The third kappa shape index (κ3) is 1.56. The molecule has 0 bridgehead atoms. The molecular formula is C12H11NO2. The van der Waals surface area contributed by atoms with E-state index in [1.54, 1.807) is 13.1 Å². The Morgan fingerprint density at radius 1 is 1.33 bits per heavy atom. The van der Waals surface area contributed by atoms with Gasteiger partial charge in [0.1, 0.15) is 0 Å². The lowest BCUT2D eigenvalue weighted by atomic mass is 10.1. The molecule has 2 rings (SSSR count). The number of fused-ring (bicyclic) bond motifs is 1. The van der Waals surface area contributed by atoms with Gasteiger partial charge < -0.3 is 4.74 Å². The maximum Gasteiger partial charge on any atom is 0.340 e. The van der Waals surface area contributed by atoms with E-state index in [2.05, 4.69) is 4.98 Å². The maximum atomic E-state index is 11.6. The lowest BCUT2D eigenvalue weighted by Crippen LogP contribution is -2.06. The van der Waals surface area contributed by atoms with Gasteiger partial charge in [0.25, 0.3) is 0 Å². The molecule has 76 valence electrons. The summed E-state index contributed by atoms with van der Waals surface area (Å²) in [5, 5.41) is 1.83. The van der Waals surface area contributed by atoms with Crippen LogP contribution in [0.15, 0.2) is 30.5 Å². The lowest BCUT2D eigenvalue weighted by Gasteiger charge is -2.06. The average molecular weight is 201 g/mol. The van der Waals surface area contributed by atoms with Gasteiger partial charge in [0, 0.05) is 11.6 Å². The first-order chi connectivity index (χ1) is 7.24. The summed E-state index contributed by atoms with van der Waals surface area (Å²) in [4.78, 5) is 15.8. The van der Waals surface area contributed by atoms with Gasteiger partial charge in [-0.25, -0.2) is 4.79 Å². The molecule has 1 heterocycles. The maximum absolute atomic E-state index is 11.6. The van der Waals surface area contributed by atoms with Gasteiger partial charge in [0.15, 0.2) is 0 Å². The number of carbonyl (C=O) groups is 1. The van der Waals surface area contributed by atoms with Crippen molar-refractivity contribution in [1.29, 1.82) is 0 Å². The van der Waals surface area contributed by atoms with Gasteiger partial charge in [-0.15, -0.1) is 0 Å². The highest BCUT2D eigenvalue weighted by Crippen LogP contribution is 2.20. The zero-order chi connectivity index (χ0) is 10.8. The van der Waals surface area contributed by atoms with Crippen LogP contribution in [0.1, 0.15) is 16.1 Å². The van der Waals surface area contributed by atoms with Crippen LogP contribution in [0.3, 0.4) is 0 Å². The summed E-state index contributed by atoms with van der Waals surface area (Å²) in [6.45, 7) is 1.80. The van der Waals surface area contributed by atoms with Gasteiger partial charge >= 0.3 is 5.97 Å². The van der Waals surface area contributed by atoms with Crippen molar-refractivity contribution in [1.82, 2.24) is 4.98 Å². The third-order valence-electron chi connectivity index (χ3n) is 2.38. The fourth-order valence-corrected chi connectivity index (χ4v) is 1.62. The lowest BCUT2D eigenvalue weighted by molar-refractivity contribution is 0.0601. The van der Waals surface area contributed by atoms with Crippen molar-refractivity contribution >= 4 is 16.7 Å². The van der Waals surface area contributed by atoms with Gasteiger partial charge in [-0.05, 0) is 12.3 Å². The van der Waals surface area contributed by atoms with E-state index in [4.69, 9.17) is 4.74 Å². The molecular weight excluding hydrogens is 190 g/mol. The summed E-state index contributed by atoms with van der Waals surface area (Å²) in [6.07, 6.45) is 1.76. The van der Waals surface area contributed by atoms with E-state index < -0.39 is 0 Å². The number of nitrogens with zero attached hydrogens (tertiary/aromatic N) is 1. The quantitative estimate of drug-likeness (QED) is 0.665. The standard InChI is InChI=1S/C12H11NO2/c1-8-11(12(14)15-2)10-6-4-3-5-9(10)7-13-8/h3-7H,1-2H3. The number of hydrogen-bond donors (Lipinski definition) is 0. The van der Waals surface area contributed by atoms with Crippen molar-refractivity contribution < 1.29 is 9.53 Å². The van der Waals surface area contributed by atoms with Crippen molar-refractivity contribution in [2.24, 2.45) is 0 Å². The molecule has 2 aromatic rings. The molecule has 0 fully saturated rings. The van der Waals surface area contributed by atoms with Crippen molar-refractivity contribution in [2.75, 3.05) is 7.11 Å². The van der Waals surface area contributed by atoms with Crippen LogP contribution in [-0.2, 0) is 4.74 Å². The van der Waals surface area contributed by atoms with Crippen LogP contribution in [0, 0.1) is 6.92 Å². The van der Waals surface area contributed by atoms with Crippen LogP contribution in [-0.4, -0.2) is 18.1 Å². The van der Waals surface area contributed by atoms with E-state index in [-0.39, 0.29) is 5.97 Å². The zero-order valence-electron chi connectivity index (χ0n) is 8.65. The smallest absolute Gasteiger partial charge is 0.340 e. The Balaban J connectivity index is 2.79. The first-order valence-electron chi connectivity index (χ1n) is 4.66. The van der Waals surface area contributed by atoms with Crippen LogP contribution < -0.4 is 0 Å². The number of rotatable bonds is 1. The Kier molecular flexibility index (Phi) is 2.37. The number of aryl methyl sites for hydroxylation is 1. The first kappa shape index (κ1) is 9.65. The third-order valence-corrected chi connectivity index (χ3v) is 2.38. The molecule has 1 aromatic carbocycles. The molecule has 0 N–H and O–H groups in total. The summed E-state index contributed by atoms with van der Waals surface area (Å²) in [5.41, 5.74) is 1.25. The van der Waals surface area contributed by atoms with Crippen molar-refractivity contribution in [2.45, 2.75) is 6.92 Å². The molecule has 0 radical (unpaired) electrons. The second-order valence-corrected chi connectivity index (χ2v) is 3.30. The van der Waals surface area contributed by atoms with Crippen LogP contribution in [0.25, 0.3) is 10.8 Å². The second kappa shape index (κ2) is 3.69. The van der Waals surface area contributed by atoms with E-state index in [1.807, 2.05) is 24.3 Å². The fourth-order valence-electron chi connectivity index (χ4n) is 1.62. The first-order valence-corrected chi connectivity index (χ1v) is 4.66. The molecule has 0 amide bonds. The molecule has 3 nitrogen and oxygen atoms in total. The van der Waals surface area contributed by atoms with E-state index >= 15 is 0 Å². The Labute approximate surface area is 87.7 Å². The number of methoxy groups -OCH3 is 1. The van der Waals surface area contributed by atoms with Crippen LogP contribution in [0.5, 0.6) is 0 Å². The molecule has 0 spiro atoms. The van der Waals surface area contributed by atoms with Crippen LogP contribution in [0.2, 0.25) is 0 Å². The van der Waals surface area contributed by atoms with Gasteiger partial charge in [0.05, 0.1) is 18.4 Å². The predicted molar refractivity (Wildman–Crippen MR) is 57.8 cm³/mol. The summed E-state index contributed by atoms with van der Waals surface area (Å²) >= 11 is 0. The van der Waals surface area contributed by atoms with Crippen LogP contribution >= 0.6 is 0 Å². The highest BCUT2D eigenvalue weighted by Gasteiger charge is 2.13. The number of pyridine rings is 1. The zero-order valence-corrected chi connectivity index (χ0v) is 8.65. The minimum Gasteiger partial charge on any atom is -0.465 e. The molecule has 0 saturated heterocycles. The second-order valence-electron chi connectivity index (χ2n) is 3.30. The SMILES string of the molecule is COC(=O)c1c(C)ncc2ccccc12. The fraction of sp³-hybridized carbons (Fsp3) is 0.167. The Morgan fingerprint density at radius 3 is 2.80 bits per heavy atom. The van der Waals surface area contributed by atoms with Crippen molar-refractivity contribution in [3.05, 3.63) is 41.7 Å². The molecule has 3 heteroatoms. The van der Waals surface area contributed by atoms with E-state index in [0.717, 1.165) is 10.8 Å². The number of benzene rings is 1. The number of esters is 1. The average Bonchev–Trinajstić information content (AvgIpc) is 2.28. The predicted octanol–water partition coefficient (Wildman–Crippen LogP) is 2.33. The van der Waals surface area contributed by atoms with Crippen molar-refractivity contribution in [3.63, 3.8) is 0 Å². The highest BCUT2D eigenvalue weighted by molar-refractivity contribution is 6.04. The van der Waals surface area contributed by atoms with Crippen LogP contribution in [0.4, 0.5) is 0 Å². The monoisotopic (exact) mass is 201 g/mol. The molecule has 0 unspecified atom stereocenters. The van der Waals surface area contributed by atoms with E-state index in [1.165, 1.54) is 7.11 Å². The molecule has 0 atom stereocenters. The largest absolute Gasteiger partial charge is 0.465 e. The minimum absolute atomic E-state index is 0.336. The Hall–Kier alpha value is -1.90. The van der Waals surface area contributed by atoms with E-state index in [9.17, 15) is 4.79 Å². The highest BCUT2D eigenvalue weighted by atomic mass is 16.5. The Morgan fingerprint density at radius 2 is 2.07 bits per heavy atom. The summed E-state index contributed by atoms with van der Waals surface area (Å²) in [6, 6.07) is 7.64. The van der Waals surface area contributed by atoms with Crippen molar-refractivity contribution in [3.8, 4) is 0 Å². The summed E-state index contributed by atoms with van der Waals surface area (Å²) < 4.78 is 4.75. The van der Waals surface area contributed by atoms with Gasteiger partial charge in [0.2, 0.25) is 0 Å². The van der Waals surface area contributed by atoms with Gasteiger partial charge in [-0.1, -0.05) is 24.3 Å². The number of carbonyl (C=O) groups excluding carboxylic acids is 1. The molecule has 0 aliphatic heterocycles. The van der Waals surface area contributed by atoms with Gasteiger partial charge in [-0.3, -0.25) is 4.98 Å². The molecule has 0 aliphatic rings. The summed E-state index contributed by atoms with van der Waals surface area (Å²) in [7, 11) is 1.38. The summed E-state index contributed by atoms with van der Waals surface area (Å²) in [5.74, 6) is -0.336. The normalized spacial score (nSPS) is 10.3. The molecule has 1 aromatic heterocycles. The molecule has 0 saturated carbocycles. The van der Waals surface area contributed by atoms with E-state index in [0.29, 0.717) is 11.3 Å². The Bertz CT molecular complexity index is 520. The van der Waals surface area contributed by atoms with Gasteiger partial charge in [-0.2, -0.15) is 0 Å². The number of hydrogen-bond acceptors (Lipinski definition) is 3. The topological polar surface area (TPSA) is 39.2 Å². The minimum atomic E-state index is -0.336.